The highest BCUT2D eigenvalue weighted by molar-refractivity contribution is 7.46. The summed E-state index contributed by atoms with van der Waals surface area (Å²) in [7, 11) is -4.74. The van der Waals surface area contributed by atoms with E-state index in [0.29, 0.717) is 13.0 Å². The Balaban J connectivity index is 1.31. The van der Waals surface area contributed by atoms with Crippen molar-refractivity contribution in [2.24, 2.45) is 17.3 Å². The van der Waals surface area contributed by atoms with Gasteiger partial charge in [-0.15, -0.1) is 0 Å². The number of epoxide rings is 3. The van der Waals surface area contributed by atoms with Gasteiger partial charge in [-0.25, -0.2) is 9.36 Å². The fraction of sp³-hybridized carbons (Fsp3) is 0.864. The van der Waals surface area contributed by atoms with Crippen LogP contribution in [0.5, 0.6) is 0 Å². The van der Waals surface area contributed by atoms with Crippen LogP contribution in [-0.4, -0.2) is 69.9 Å². The summed E-state index contributed by atoms with van der Waals surface area (Å²) in [6.07, 6.45) is -0.132. The minimum atomic E-state index is -4.74. The summed E-state index contributed by atoms with van der Waals surface area (Å²) in [6.45, 7) is 8.15. The SMILES string of the molecule is CC(O[C@@H]1[C@@]2(C(C)C)O[C@H]2[C@H]2O[C@]23[C@]12O[C@H]2C[C@H]1C2=C(CC[C@@]13C)C(=O)OC2)OP(=O)(O)O. The smallest absolute Gasteiger partial charge is 0.458 e. The van der Waals surface area contributed by atoms with E-state index < -0.39 is 37.0 Å². The quantitative estimate of drug-likeness (QED) is 0.256. The molecule has 2 spiro atoms. The van der Waals surface area contributed by atoms with Gasteiger partial charge in [0.2, 0.25) is 0 Å². The van der Waals surface area contributed by atoms with Crippen molar-refractivity contribution in [3.8, 4) is 0 Å². The largest absolute Gasteiger partial charge is 0.471 e. The van der Waals surface area contributed by atoms with Crippen LogP contribution in [-0.2, 0) is 37.6 Å². The summed E-state index contributed by atoms with van der Waals surface area (Å²) in [5.41, 5.74) is -0.513. The zero-order valence-electron chi connectivity index (χ0n) is 19.0. The van der Waals surface area contributed by atoms with Gasteiger partial charge in [-0.2, -0.15) is 0 Å². The van der Waals surface area contributed by atoms with Crippen molar-refractivity contribution in [1.29, 1.82) is 0 Å². The van der Waals surface area contributed by atoms with Crippen molar-refractivity contribution >= 4 is 13.8 Å². The van der Waals surface area contributed by atoms with E-state index in [2.05, 4.69) is 20.8 Å². The van der Waals surface area contributed by atoms with E-state index in [9.17, 15) is 19.1 Å². The maximum atomic E-state index is 12.3. The average molecular weight is 484 g/mol. The lowest BCUT2D eigenvalue weighted by molar-refractivity contribution is -0.191. The van der Waals surface area contributed by atoms with Crippen molar-refractivity contribution in [2.45, 2.75) is 94.5 Å². The van der Waals surface area contributed by atoms with Gasteiger partial charge < -0.3 is 33.5 Å². The minimum absolute atomic E-state index is 0.0724. The number of hydrogen-bond donors (Lipinski definition) is 2. The standard InChI is InChI=1S/C22H29O10P/c1-9(2)20-15(30-20)16-22(31-16)19(4)6-5-11-12(8-27-17(11)23)13(19)7-14-21(22,29-14)18(20)28-10(3)32-33(24,25)26/h9-10,13-16,18H,5-8H2,1-4H3,(H2,24,25,26)/t10?,13-,14-,15-,16+,18+,19-,20-,21+,22+/m0/s1. The van der Waals surface area contributed by atoms with E-state index in [1.165, 1.54) is 6.92 Å². The van der Waals surface area contributed by atoms with Crippen molar-refractivity contribution < 1.29 is 47.4 Å². The van der Waals surface area contributed by atoms with Gasteiger partial charge in [0.05, 0.1) is 6.10 Å². The molecule has 182 valence electrons. The van der Waals surface area contributed by atoms with Crippen LogP contribution in [0.2, 0.25) is 0 Å². The Morgan fingerprint density at radius 3 is 2.61 bits per heavy atom. The highest BCUT2D eigenvalue weighted by Crippen LogP contribution is 2.83. The van der Waals surface area contributed by atoms with Crippen molar-refractivity contribution in [1.82, 2.24) is 0 Å². The molecular formula is C22H29O10P. The van der Waals surface area contributed by atoms with E-state index in [1.807, 2.05) is 0 Å². The predicted molar refractivity (Wildman–Crippen MR) is 109 cm³/mol. The second-order valence-corrected chi connectivity index (χ2v) is 12.4. The predicted octanol–water partition coefficient (Wildman–Crippen LogP) is 1.58. The van der Waals surface area contributed by atoms with Gasteiger partial charge in [0.15, 0.2) is 11.9 Å². The summed E-state index contributed by atoms with van der Waals surface area (Å²) in [5, 5.41) is 0. The molecule has 0 aromatic rings. The molecule has 2 N–H and O–H groups in total. The molecule has 0 aromatic heterocycles. The number of hydrogen-bond acceptors (Lipinski definition) is 8. The Hall–Kier alpha value is -0.840. The molecule has 0 amide bonds. The fourth-order valence-electron chi connectivity index (χ4n) is 8.28. The zero-order chi connectivity index (χ0) is 23.3. The Kier molecular flexibility index (Phi) is 3.85. The molecule has 4 aliphatic heterocycles. The first-order valence-corrected chi connectivity index (χ1v) is 13.3. The number of carbonyl (C=O) groups is 1. The second-order valence-electron chi connectivity index (χ2n) is 11.2. The third-order valence-electron chi connectivity index (χ3n) is 9.68. The Morgan fingerprint density at radius 2 is 1.91 bits per heavy atom. The molecule has 33 heavy (non-hydrogen) atoms. The van der Waals surface area contributed by atoms with E-state index in [0.717, 1.165) is 24.0 Å². The molecule has 0 bridgehead atoms. The third kappa shape index (κ3) is 2.26. The number of carbonyl (C=O) groups excluding carboxylic acids is 1. The molecule has 3 saturated heterocycles. The van der Waals surface area contributed by atoms with E-state index in [4.69, 9.17) is 28.2 Å². The number of rotatable bonds is 5. The Morgan fingerprint density at radius 1 is 1.15 bits per heavy atom. The molecule has 1 unspecified atom stereocenters. The first-order chi connectivity index (χ1) is 15.4. The molecule has 7 aliphatic rings. The van der Waals surface area contributed by atoms with Gasteiger partial charge in [0.1, 0.15) is 36.1 Å². The average Bonchev–Trinajstić information content (AvgIpc) is 3.59. The zero-order valence-corrected chi connectivity index (χ0v) is 19.9. The molecule has 0 aromatic carbocycles. The van der Waals surface area contributed by atoms with Crippen molar-refractivity contribution in [3.63, 3.8) is 0 Å². The molecule has 10 nitrogen and oxygen atoms in total. The third-order valence-corrected chi connectivity index (χ3v) is 10.3. The lowest BCUT2D eigenvalue weighted by Crippen LogP contribution is -2.70. The van der Waals surface area contributed by atoms with E-state index >= 15 is 0 Å². The normalized spacial score (nSPS) is 53.8. The van der Waals surface area contributed by atoms with Crippen LogP contribution in [0.4, 0.5) is 0 Å². The molecule has 5 fully saturated rings. The second kappa shape index (κ2) is 5.93. The van der Waals surface area contributed by atoms with E-state index in [1.54, 1.807) is 0 Å². The summed E-state index contributed by atoms with van der Waals surface area (Å²) >= 11 is 0. The Labute approximate surface area is 191 Å². The molecule has 7 rings (SSSR count). The van der Waals surface area contributed by atoms with Crippen LogP contribution in [0, 0.1) is 17.3 Å². The van der Waals surface area contributed by atoms with Gasteiger partial charge >= 0.3 is 13.8 Å². The van der Waals surface area contributed by atoms with Gasteiger partial charge in [-0.3, -0.25) is 4.52 Å². The highest BCUT2D eigenvalue weighted by Gasteiger charge is 3.00. The monoisotopic (exact) mass is 484 g/mol. The fourth-order valence-corrected chi connectivity index (χ4v) is 8.72. The van der Waals surface area contributed by atoms with Gasteiger partial charge in [0, 0.05) is 11.0 Å². The highest BCUT2D eigenvalue weighted by atomic mass is 31.2. The number of fused-ring (bicyclic) bond motifs is 4. The summed E-state index contributed by atoms with van der Waals surface area (Å²) in [6, 6.07) is 0. The van der Waals surface area contributed by atoms with Crippen molar-refractivity contribution in [3.05, 3.63) is 11.1 Å². The maximum Gasteiger partial charge on any atom is 0.471 e. The van der Waals surface area contributed by atoms with Crippen LogP contribution in [0.1, 0.15) is 47.0 Å². The lowest BCUT2D eigenvalue weighted by Gasteiger charge is -2.54. The molecule has 3 aliphatic carbocycles. The first kappa shape index (κ1) is 21.4. The number of phosphoric acid groups is 1. The van der Waals surface area contributed by atoms with Gasteiger partial charge in [-0.1, -0.05) is 20.8 Å². The lowest BCUT2D eigenvalue weighted by atomic mass is 9.46. The van der Waals surface area contributed by atoms with Crippen LogP contribution in [0.3, 0.4) is 0 Å². The summed E-state index contributed by atoms with van der Waals surface area (Å²) in [4.78, 5) is 30.9. The van der Waals surface area contributed by atoms with Crippen LogP contribution >= 0.6 is 7.82 Å². The maximum absolute atomic E-state index is 12.3. The van der Waals surface area contributed by atoms with Gasteiger partial charge in [0.25, 0.3) is 0 Å². The van der Waals surface area contributed by atoms with Crippen LogP contribution in [0.15, 0.2) is 11.1 Å². The summed E-state index contributed by atoms with van der Waals surface area (Å²) < 4.78 is 47.5. The van der Waals surface area contributed by atoms with Crippen LogP contribution in [0.25, 0.3) is 0 Å². The number of ether oxygens (including phenoxy) is 5. The number of phosphoric ester groups is 1. The molecular weight excluding hydrogens is 455 g/mol. The number of cyclic esters (lactones) is 1. The number of esters is 1. The Bertz CT molecular complexity index is 1050. The first-order valence-electron chi connectivity index (χ1n) is 11.7. The molecule has 10 atom stereocenters. The van der Waals surface area contributed by atoms with Gasteiger partial charge in [-0.05, 0) is 43.6 Å². The topological polar surface area (TPSA) is 140 Å². The molecule has 11 heteroatoms. The van der Waals surface area contributed by atoms with Crippen molar-refractivity contribution in [2.75, 3.05) is 6.61 Å². The molecule has 0 radical (unpaired) electrons. The van der Waals surface area contributed by atoms with Crippen LogP contribution < -0.4 is 0 Å². The molecule has 4 heterocycles. The van der Waals surface area contributed by atoms with E-state index in [-0.39, 0.29) is 41.5 Å². The summed E-state index contributed by atoms with van der Waals surface area (Å²) in [5.74, 6) is -0.0275. The minimum Gasteiger partial charge on any atom is -0.458 e. The molecule has 2 saturated carbocycles.